The van der Waals surface area contributed by atoms with E-state index in [1.165, 1.54) is 5.56 Å². The van der Waals surface area contributed by atoms with Crippen LogP contribution in [0.15, 0.2) is 60.9 Å². The molecule has 2 aromatic carbocycles. The fraction of sp³-hybridized carbons (Fsp3) is 0.400. The number of aromatic nitrogens is 4. The number of rotatable bonds is 8. The summed E-state index contributed by atoms with van der Waals surface area (Å²) in [4.78, 5) is 27.8. The van der Waals surface area contributed by atoms with Crippen LogP contribution in [0.4, 0.5) is 0 Å². The Hall–Kier alpha value is -3.55. The number of tetrazole rings is 1. The first kappa shape index (κ1) is 22.6. The van der Waals surface area contributed by atoms with Crippen molar-refractivity contribution in [1.82, 2.24) is 25.1 Å². The van der Waals surface area contributed by atoms with E-state index in [9.17, 15) is 9.59 Å². The van der Waals surface area contributed by atoms with Crippen LogP contribution in [0.2, 0.25) is 0 Å². The SMILES string of the molecule is CCOC(=O)C1(CCc2ccccc2)CCN(C(=O)c2ccc(Cn3cnnn3)cc2)CC1. The summed E-state index contributed by atoms with van der Waals surface area (Å²) in [5, 5.41) is 11.1. The second-order valence-corrected chi connectivity index (χ2v) is 8.48. The summed E-state index contributed by atoms with van der Waals surface area (Å²) in [7, 11) is 0. The van der Waals surface area contributed by atoms with E-state index in [0.717, 1.165) is 18.4 Å². The van der Waals surface area contributed by atoms with E-state index in [0.29, 0.717) is 44.6 Å². The lowest BCUT2D eigenvalue weighted by atomic mass is 9.74. The van der Waals surface area contributed by atoms with Gasteiger partial charge in [-0.15, -0.1) is 5.10 Å². The van der Waals surface area contributed by atoms with E-state index < -0.39 is 5.41 Å². The summed E-state index contributed by atoms with van der Waals surface area (Å²) in [5.41, 5.74) is 2.32. The molecule has 0 aliphatic carbocycles. The minimum absolute atomic E-state index is 0.00973. The summed E-state index contributed by atoms with van der Waals surface area (Å²) >= 11 is 0. The van der Waals surface area contributed by atoms with Crippen molar-refractivity contribution in [2.24, 2.45) is 5.41 Å². The van der Waals surface area contributed by atoms with E-state index in [1.54, 1.807) is 11.0 Å². The molecule has 8 heteroatoms. The second-order valence-electron chi connectivity index (χ2n) is 8.48. The monoisotopic (exact) mass is 447 g/mol. The number of benzene rings is 2. The maximum atomic E-state index is 13.1. The topological polar surface area (TPSA) is 90.2 Å². The van der Waals surface area contributed by atoms with Crippen molar-refractivity contribution < 1.29 is 14.3 Å². The lowest BCUT2D eigenvalue weighted by Gasteiger charge is -2.40. The fourth-order valence-electron chi connectivity index (χ4n) is 4.38. The molecule has 0 saturated carbocycles. The molecule has 0 atom stereocenters. The van der Waals surface area contributed by atoms with Crippen LogP contribution in [-0.4, -0.2) is 56.7 Å². The molecule has 0 spiro atoms. The standard InChI is InChI=1S/C25H29N5O3/c1-2-33-24(32)25(13-12-20-6-4-3-5-7-20)14-16-29(17-15-25)23(31)22-10-8-21(9-11-22)18-30-19-26-27-28-30/h3-11,19H,2,12-18H2,1H3. The maximum Gasteiger partial charge on any atom is 0.312 e. The van der Waals surface area contributed by atoms with E-state index >= 15 is 0 Å². The van der Waals surface area contributed by atoms with Crippen LogP contribution < -0.4 is 0 Å². The Bertz CT molecular complexity index is 1040. The third kappa shape index (κ3) is 5.45. The third-order valence-electron chi connectivity index (χ3n) is 6.39. The van der Waals surface area contributed by atoms with Gasteiger partial charge >= 0.3 is 5.97 Å². The van der Waals surface area contributed by atoms with Gasteiger partial charge < -0.3 is 9.64 Å². The number of aryl methyl sites for hydroxylation is 1. The summed E-state index contributed by atoms with van der Waals surface area (Å²) in [5.74, 6) is -0.149. The molecular weight excluding hydrogens is 418 g/mol. The van der Waals surface area contributed by atoms with Gasteiger partial charge in [-0.2, -0.15) is 0 Å². The number of esters is 1. The summed E-state index contributed by atoms with van der Waals surface area (Å²) in [6.45, 7) is 3.84. The molecule has 0 N–H and O–H groups in total. The highest BCUT2D eigenvalue weighted by Crippen LogP contribution is 2.38. The first-order chi connectivity index (χ1) is 16.1. The third-order valence-corrected chi connectivity index (χ3v) is 6.39. The normalized spacial score (nSPS) is 15.2. The predicted octanol–water partition coefficient (Wildman–Crippen LogP) is 3.14. The zero-order valence-electron chi connectivity index (χ0n) is 18.9. The number of piperidine rings is 1. The lowest BCUT2D eigenvalue weighted by Crippen LogP contribution is -2.47. The maximum absolute atomic E-state index is 13.1. The Morgan fingerprint density at radius 1 is 1.00 bits per heavy atom. The molecule has 0 radical (unpaired) electrons. The van der Waals surface area contributed by atoms with Crippen molar-refractivity contribution in [1.29, 1.82) is 0 Å². The molecule has 8 nitrogen and oxygen atoms in total. The number of hydrogen-bond donors (Lipinski definition) is 0. The Morgan fingerprint density at radius 3 is 2.36 bits per heavy atom. The average molecular weight is 448 g/mol. The summed E-state index contributed by atoms with van der Waals surface area (Å²) in [6, 6.07) is 17.7. The highest BCUT2D eigenvalue weighted by atomic mass is 16.5. The van der Waals surface area contributed by atoms with Crippen molar-refractivity contribution in [2.75, 3.05) is 19.7 Å². The smallest absolute Gasteiger partial charge is 0.312 e. The van der Waals surface area contributed by atoms with Crippen LogP contribution in [0.1, 0.15) is 47.7 Å². The van der Waals surface area contributed by atoms with Crippen LogP contribution in [-0.2, 0) is 22.5 Å². The number of ether oxygens (including phenoxy) is 1. The van der Waals surface area contributed by atoms with Gasteiger partial charge in [-0.25, -0.2) is 4.68 Å². The molecule has 1 amide bonds. The quantitative estimate of drug-likeness (QED) is 0.493. The molecule has 1 aliphatic heterocycles. The highest BCUT2D eigenvalue weighted by molar-refractivity contribution is 5.94. The molecule has 33 heavy (non-hydrogen) atoms. The summed E-state index contributed by atoms with van der Waals surface area (Å²) < 4.78 is 7.08. The Balaban J connectivity index is 1.39. The first-order valence-corrected chi connectivity index (χ1v) is 11.4. The Morgan fingerprint density at radius 2 is 1.73 bits per heavy atom. The van der Waals surface area contributed by atoms with E-state index in [-0.39, 0.29) is 11.9 Å². The number of carbonyl (C=O) groups excluding carboxylic acids is 2. The van der Waals surface area contributed by atoms with Gasteiger partial charge in [0.05, 0.1) is 18.6 Å². The second kappa shape index (κ2) is 10.4. The minimum atomic E-state index is -0.543. The average Bonchev–Trinajstić information content (AvgIpc) is 3.37. The van der Waals surface area contributed by atoms with Crippen molar-refractivity contribution >= 4 is 11.9 Å². The molecule has 1 saturated heterocycles. The van der Waals surface area contributed by atoms with Crippen LogP contribution in [0.25, 0.3) is 0 Å². The van der Waals surface area contributed by atoms with Gasteiger partial charge in [0.1, 0.15) is 6.33 Å². The molecule has 1 fully saturated rings. The predicted molar refractivity (Wildman–Crippen MR) is 122 cm³/mol. The number of nitrogens with zero attached hydrogens (tertiary/aromatic N) is 5. The van der Waals surface area contributed by atoms with Gasteiger partial charge in [0.15, 0.2) is 0 Å². The minimum Gasteiger partial charge on any atom is -0.466 e. The van der Waals surface area contributed by atoms with Crippen molar-refractivity contribution in [2.45, 2.75) is 39.2 Å². The fourth-order valence-corrected chi connectivity index (χ4v) is 4.38. The lowest BCUT2D eigenvalue weighted by molar-refractivity contribution is -0.158. The van der Waals surface area contributed by atoms with Crippen LogP contribution >= 0.6 is 0 Å². The number of amides is 1. The number of likely N-dealkylation sites (tertiary alicyclic amines) is 1. The molecule has 1 aliphatic rings. The first-order valence-electron chi connectivity index (χ1n) is 11.4. The zero-order chi connectivity index (χ0) is 23.1. The van der Waals surface area contributed by atoms with Crippen molar-refractivity contribution in [3.05, 3.63) is 77.6 Å². The van der Waals surface area contributed by atoms with E-state index in [1.807, 2.05) is 54.3 Å². The molecule has 172 valence electrons. The molecule has 2 heterocycles. The van der Waals surface area contributed by atoms with E-state index in [4.69, 9.17) is 4.74 Å². The number of hydrogen-bond acceptors (Lipinski definition) is 6. The molecule has 0 bridgehead atoms. The van der Waals surface area contributed by atoms with Gasteiger partial charge in [0.2, 0.25) is 0 Å². The van der Waals surface area contributed by atoms with Gasteiger partial charge in [-0.3, -0.25) is 9.59 Å². The Labute approximate surface area is 193 Å². The van der Waals surface area contributed by atoms with Gasteiger partial charge in [0.25, 0.3) is 5.91 Å². The molecule has 1 aromatic heterocycles. The zero-order valence-corrected chi connectivity index (χ0v) is 18.9. The largest absolute Gasteiger partial charge is 0.466 e. The Kier molecular flexibility index (Phi) is 7.12. The highest BCUT2D eigenvalue weighted by Gasteiger charge is 2.43. The molecular formula is C25H29N5O3. The van der Waals surface area contributed by atoms with Crippen LogP contribution in [0.5, 0.6) is 0 Å². The summed E-state index contributed by atoms with van der Waals surface area (Å²) in [6.07, 6.45) is 4.32. The van der Waals surface area contributed by atoms with Crippen molar-refractivity contribution in [3.63, 3.8) is 0 Å². The molecule has 3 aromatic rings. The van der Waals surface area contributed by atoms with Gasteiger partial charge in [-0.1, -0.05) is 42.5 Å². The number of carbonyl (C=O) groups is 2. The van der Waals surface area contributed by atoms with E-state index in [2.05, 4.69) is 27.7 Å². The van der Waals surface area contributed by atoms with Crippen LogP contribution in [0.3, 0.4) is 0 Å². The molecule has 4 rings (SSSR count). The van der Waals surface area contributed by atoms with Gasteiger partial charge in [0, 0.05) is 18.7 Å². The van der Waals surface area contributed by atoms with Gasteiger partial charge in [-0.05, 0) is 66.3 Å². The molecule has 0 unspecified atom stereocenters. The van der Waals surface area contributed by atoms with Crippen LogP contribution in [0, 0.1) is 5.41 Å². The van der Waals surface area contributed by atoms with Crippen molar-refractivity contribution in [3.8, 4) is 0 Å².